The number of hydrogen-bond donors (Lipinski definition) is 2. The zero-order valence-electron chi connectivity index (χ0n) is 20.0. The van der Waals surface area contributed by atoms with Gasteiger partial charge in [-0.2, -0.15) is 5.10 Å². The molecule has 1 aromatic carbocycles. The standard InChI is InChI=1S/C24H25ClN4O6S/c1-12-7-17(15(4)34-19-5-6-20(25)28-24(19)36(26,32)33)23-18(8-12)21(31)14(3)22(35-23)16-9-27-29(11-16)10-13(2)30/h5-9,11,13,15,30H,10H2,1-4H3,(H2,26,32,33)/t13-,15-/m1/s1. The number of nitrogens with two attached hydrogens (primary N) is 1. The fourth-order valence-electron chi connectivity index (χ4n) is 3.95. The molecule has 3 N–H and O–H groups in total. The third-order valence-electron chi connectivity index (χ3n) is 5.54. The van der Waals surface area contributed by atoms with E-state index in [-0.39, 0.29) is 22.9 Å². The van der Waals surface area contributed by atoms with Crippen molar-refractivity contribution in [3.8, 4) is 17.1 Å². The molecule has 0 radical (unpaired) electrons. The molecule has 0 bridgehead atoms. The Hall–Kier alpha value is -3.25. The second-order valence-electron chi connectivity index (χ2n) is 8.66. The number of benzene rings is 1. The summed E-state index contributed by atoms with van der Waals surface area (Å²) in [6.07, 6.45) is 1.90. The van der Waals surface area contributed by atoms with Gasteiger partial charge in [0.15, 0.2) is 11.2 Å². The number of hydrogen-bond acceptors (Lipinski definition) is 8. The third kappa shape index (κ3) is 5.14. The van der Waals surface area contributed by atoms with Gasteiger partial charge in [-0.15, -0.1) is 0 Å². The van der Waals surface area contributed by atoms with Gasteiger partial charge >= 0.3 is 0 Å². The molecule has 0 fully saturated rings. The van der Waals surface area contributed by atoms with E-state index in [9.17, 15) is 18.3 Å². The summed E-state index contributed by atoms with van der Waals surface area (Å²) in [6.45, 7) is 7.13. The van der Waals surface area contributed by atoms with E-state index in [1.807, 2.05) is 6.92 Å². The highest BCUT2D eigenvalue weighted by molar-refractivity contribution is 7.89. The van der Waals surface area contributed by atoms with Crippen LogP contribution < -0.4 is 15.3 Å². The molecule has 4 rings (SSSR count). The fourth-order valence-corrected chi connectivity index (χ4v) is 4.77. The highest BCUT2D eigenvalue weighted by Gasteiger charge is 2.24. The summed E-state index contributed by atoms with van der Waals surface area (Å²) in [4.78, 5) is 17.1. The summed E-state index contributed by atoms with van der Waals surface area (Å²) in [5, 5.41) is 19.0. The van der Waals surface area contributed by atoms with E-state index in [4.69, 9.17) is 25.9 Å². The smallest absolute Gasteiger partial charge is 0.259 e. The van der Waals surface area contributed by atoms with Crippen LogP contribution in [-0.4, -0.2) is 34.4 Å². The van der Waals surface area contributed by atoms with Gasteiger partial charge in [0.2, 0.25) is 5.03 Å². The second kappa shape index (κ2) is 9.66. The molecule has 10 nitrogen and oxygen atoms in total. The molecule has 0 aliphatic rings. The Kier molecular flexibility index (Phi) is 6.93. The number of halogens is 1. The topological polar surface area (TPSA) is 151 Å². The maximum Gasteiger partial charge on any atom is 0.259 e. The Labute approximate surface area is 212 Å². The number of primary sulfonamides is 1. The molecule has 0 saturated heterocycles. The zero-order valence-corrected chi connectivity index (χ0v) is 21.6. The molecule has 0 spiro atoms. The summed E-state index contributed by atoms with van der Waals surface area (Å²) in [5.41, 5.74) is 2.37. The van der Waals surface area contributed by atoms with Crippen LogP contribution in [0.4, 0.5) is 0 Å². The van der Waals surface area contributed by atoms with Crippen molar-refractivity contribution in [2.75, 3.05) is 0 Å². The predicted molar refractivity (Wildman–Crippen MR) is 135 cm³/mol. The van der Waals surface area contributed by atoms with Crippen molar-refractivity contribution < 1.29 is 22.7 Å². The number of rotatable bonds is 7. The number of aliphatic hydroxyl groups excluding tert-OH is 1. The quantitative estimate of drug-likeness (QED) is 0.343. The lowest BCUT2D eigenvalue weighted by atomic mass is 10.0. The Morgan fingerprint density at radius 1 is 1.25 bits per heavy atom. The molecule has 0 aliphatic carbocycles. The third-order valence-corrected chi connectivity index (χ3v) is 6.58. The summed E-state index contributed by atoms with van der Waals surface area (Å²) in [7, 11) is -4.22. The highest BCUT2D eigenvalue weighted by Crippen LogP contribution is 2.34. The summed E-state index contributed by atoms with van der Waals surface area (Å²) < 4.78 is 37.9. The van der Waals surface area contributed by atoms with E-state index in [0.29, 0.717) is 33.4 Å². The second-order valence-corrected chi connectivity index (χ2v) is 10.5. The first kappa shape index (κ1) is 25.8. The molecule has 36 heavy (non-hydrogen) atoms. The van der Waals surface area contributed by atoms with E-state index in [0.717, 1.165) is 5.56 Å². The Morgan fingerprint density at radius 3 is 2.64 bits per heavy atom. The SMILES string of the molecule is Cc1cc([C@@H](C)Oc2ccc(Cl)nc2S(N)(=O)=O)c2oc(-c3cnn(C[C@@H](C)O)c3)c(C)c(=O)c2c1. The number of sulfonamides is 1. The molecule has 0 amide bonds. The summed E-state index contributed by atoms with van der Waals surface area (Å²) >= 11 is 5.86. The number of nitrogens with zero attached hydrogens (tertiary/aromatic N) is 3. The number of aryl methyl sites for hydroxylation is 1. The lowest BCUT2D eigenvalue weighted by Crippen LogP contribution is -2.17. The van der Waals surface area contributed by atoms with Gasteiger partial charge in [0.05, 0.1) is 29.8 Å². The van der Waals surface area contributed by atoms with E-state index in [1.165, 1.54) is 12.1 Å². The van der Waals surface area contributed by atoms with E-state index < -0.39 is 27.3 Å². The Bertz CT molecular complexity index is 1630. The van der Waals surface area contributed by atoms with Gasteiger partial charge in [-0.25, -0.2) is 18.5 Å². The minimum absolute atomic E-state index is 0.0534. The van der Waals surface area contributed by atoms with Gasteiger partial charge < -0.3 is 14.3 Å². The minimum atomic E-state index is -4.22. The zero-order chi connectivity index (χ0) is 26.4. The van der Waals surface area contributed by atoms with Crippen LogP contribution in [-0.2, 0) is 16.6 Å². The maximum atomic E-state index is 13.3. The summed E-state index contributed by atoms with van der Waals surface area (Å²) in [6, 6.07) is 6.28. The molecular weight excluding hydrogens is 508 g/mol. The number of pyridine rings is 1. The van der Waals surface area contributed by atoms with Gasteiger partial charge in [-0.05, 0) is 57.5 Å². The Balaban J connectivity index is 1.85. The van der Waals surface area contributed by atoms with Crippen LogP contribution in [0.2, 0.25) is 5.15 Å². The monoisotopic (exact) mass is 532 g/mol. The van der Waals surface area contributed by atoms with Crippen molar-refractivity contribution in [1.82, 2.24) is 14.8 Å². The Morgan fingerprint density at radius 2 is 1.97 bits per heavy atom. The maximum absolute atomic E-state index is 13.3. The van der Waals surface area contributed by atoms with Gasteiger partial charge in [-0.3, -0.25) is 9.48 Å². The normalized spacial score (nSPS) is 13.6. The molecular formula is C24H25ClN4O6S. The lowest BCUT2D eigenvalue weighted by molar-refractivity contribution is 0.168. The van der Waals surface area contributed by atoms with Crippen molar-refractivity contribution in [1.29, 1.82) is 0 Å². The fraction of sp³-hybridized carbons (Fsp3) is 0.292. The van der Waals surface area contributed by atoms with E-state index in [2.05, 4.69) is 10.1 Å². The van der Waals surface area contributed by atoms with Crippen molar-refractivity contribution in [3.63, 3.8) is 0 Å². The molecule has 0 aliphatic heterocycles. The highest BCUT2D eigenvalue weighted by atomic mass is 35.5. The average Bonchev–Trinajstić information content (AvgIpc) is 3.24. The van der Waals surface area contributed by atoms with Gasteiger partial charge in [0.1, 0.15) is 22.6 Å². The van der Waals surface area contributed by atoms with Gasteiger partial charge in [0, 0.05) is 17.3 Å². The molecule has 4 aromatic rings. The minimum Gasteiger partial charge on any atom is -0.483 e. The molecule has 0 unspecified atom stereocenters. The van der Waals surface area contributed by atoms with Gasteiger partial charge in [-0.1, -0.05) is 11.6 Å². The molecule has 0 saturated carbocycles. The van der Waals surface area contributed by atoms with Crippen LogP contribution in [0, 0.1) is 13.8 Å². The van der Waals surface area contributed by atoms with Crippen molar-refractivity contribution >= 4 is 32.6 Å². The molecule has 2 atom stereocenters. The first-order valence-electron chi connectivity index (χ1n) is 11.0. The van der Waals surface area contributed by atoms with Crippen molar-refractivity contribution in [2.24, 2.45) is 5.14 Å². The number of aliphatic hydroxyl groups is 1. The number of fused-ring (bicyclic) bond motifs is 1. The molecule has 3 aromatic heterocycles. The van der Waals surface area contributed by atoms with Crippen molar-refractivity contribution in [3.05, 3.63) is 68.7 Å². The molecule has 12 heteroatoms. The largest absolute Gasteiger partial charge is 0.483 e. The van der Waals surface area contributed by atoms with Crippen LogP contribution in [0.1, 0.15) is 36.6 Å². The van der Waals surface area contributed by atoms with E-state index >= 15 is 0 Å². The first-order valence-corrected chi connectivity index (χ1v) is 12.9. The predicted octanol–water partition coefficient (Wildman–Crippen LogP) is 3.49. The van der Waals surface area contributed by atoms with Crippen LogP contribution in [0.5, 0.6) is 5.75 Å². The lowest BCUT2D eigenvalue weighted by Gasteiger charge is -2.19. The number of aromatic nitrogens is 3. The first-order chi connectivity index (χ1) is 16.8. The summed E-state index contributed by atoms with van der Waals surface area (Å²) in [5.74, 6) is 0.248. The average molecular weight is 533 g/mol. The number of ether oxygens (including phenoxy) is 1. The van der Waals surface area contributed by atoms with E-state index in [1.54, 1.807) is 50.0 Å². The van der Waals surface area contributed by atoms with Gasteiger partial charge in [0.25, 0.3) is 10.0 Å². The van der Waals surface area contributed by atoms with Crippen LogP contribution in [0.15, 0.2) is 50.9 Å². The van der Waals surface area contributed by atoms with Crippen LogP contribution in [0.3, 0.4) is 0 Å². The van der Waals surface area contributed by atoms with Crippen LogP contribution >= 0.6 is 11.6 Å². The molecule has 190 valence electrons. The molecule has 3 heterocycles. The van der Waals surface area contributed by atoms with Crippen molar-refractivity contribution in [2.45, 2.75) is 51.5 Å². The van der Waals surface area contributed by atoms with Crippen LogP contribution in [0.25, 0.3) is 22.3 Å².